The molecule has 3 nitrogen and oxygen atoms in total. The molecule has 86 valence electrons. The summed E-state index contributed by atoms with van der Waals surface area (Å²) >= 11 is 0. The zero-order valence-electron chi connectivity index (χ0n) is 10.1. The lowest BCUT2D eigenvalue weighted by molar-refractivity contribution is -0.122. The van der Waals surface area contributed by atoms with Gasteiger partial charge in [0.25, 0.3) is 0 Å². The van der Waals surface area contributed by atoms with Crippen LogP contribution in [0.1, 0.15) is 59.3 Å². The van der Waals surface area contributed by atoms with Gasteiger partial charge in [-0.25, -0.2) is 0 Å². The van der Waals surface area contributed by atoms with Crippen LogP contribution in [0.5, 0.6) is 0 Å². The van der Waals surface area contributed by atoms with Crippen LogP contribution in [0.25, 0.3) is 0 Å². The quantitative estimate of drug-likeness (QED) is 0.657. The first kappa shape index (κ1) is 14.0. The molecule has 0 spiro atoms. The Kier molecular flexibility index (Phi) is 6.77. The molecule has 1 atom stereocenters. The molecule has 0 heterocycles. The zero-order chi connectivity index (χ0) is 11.7. The molecule has 0 rings (SSSR count). The van der Waals surface area contributed by atoms with Crippen molar-refractivity contribution in [1.29, 1.82) is 5.26 Å². The van der Waals surface area contributed by atoms with Crippen molar-refractivity contribution in [1.82, 2.24) is 5.32 Å². The first-order valence-electron chi connectivity index (χ1n) is 5.80. The van der Waals surface area contributed by atoms with Gasteiger partial charge in [-0.2, -0.15) is 5.26 Å². The van der Waals surface area contributed by atoms with Crippen molar-refractivity contribution in [2.45, 2.75) is 64.8 Å². The van der Waals surface area contributed by atoms with Crippen LogP contribution in [-0.2, 0) is 4.79 Å². The van der Waals surface area contributed by atoms with E-state index in [9.17, 15) is 4.79 Å². The molecule has 1 unspecified atom stereocenters. The van der Waals surface area contributed by atoms with Crippen LogP contribution in [0.2, 0.25) is 0 Å². The number of unbranched alkanes of at least 4 members (excludes halogenated alkanes) is 3. The molecule has 0 saturated carbocycles. The number of carbonyl (C=O) groups excluding carboxylic acids is 1. The summed E-state index contributed by atoms with van der Waals surface area (Å²) in [6.07, 6.45) is 5.55. The van der Waals surface area contributed by atoms with E-state index in [4.69, 9.17) is 5.26 Å². The predicted molar refractivity (Wildman–Crippen MR) is 61.2 cm³/mol. The van der Waals surface area contributed by atoms with Gasteiger partial charge in [-0.05, 0) is 19.8 Å². The van der Waals surface area contributed by atoms with Gasteiger partial charge in [-0.1, -0.05) is 33.1 Å². The summed E-state index contributed by atoms with van der Waals surface area (Å²) in [7, 11) is 0. The van der Waals surface area contributed by atoms with Gasteiger partial charge in [0, 0.05) is 6.42 Å². The lowest BCUT2D eigenvalue weighted by atomic mass is 10.0. The van der Waals surface area contributed by atoms with Gasteiger partial charge < -0.3 is 5.32 Å². The minimum atomic E-state index is -0.693. The molecule has 0 aliphatic heterocycles. The number of nitrogens with one attached hydrogen (secondary N) is 1. The number of hydrogen-bond acceptors (Lipinski definition) is 2. The summed E-state index contributed by atoms with van der Waals surface area (Å²) in [4.78, 5) is 11.5. The van der Waals surface area contributed by atoms with Gasteiger partial charge in [-0.3, -0.25) is 4.79 Å². The largest absolute Gasteiger partial charge is 0.338 e. The normalized spacial score (nSPS) is 14.0. The van der Waals surface area contributed by atoms with Crippen molar-refractivity contribution in [3.8, 4) is 6.07 Å². The average Bonchev–Trinajstić information content (AvgIpc) is 2.24. The lowest BCUT2D eigenvalue weighted by Crippen LogP contribution is -2.44. The van der Waals surface area contributed by atoms with Crippen molar-refractivity contribution in [2.24, 2.45) is 0 Å². The molecule has 0 radical (unpaired) electrons. The molecule has 0 bridgehead atoms. The SMILES string of the molecule is CCCCCCC(=O)NC(C)(C#N)CC. The van der Waals surface area contributed by atoms with Crippen LogP contribution in [0, 0.1) is 11.3 Å². The molecule has 0 aromatic rings. The van der Waals surface area contributed by atoms with E-state index in [0.717, 1.165) is 12.8 Å². The van der Waals surface area contributed by atoms with Gasteiger partial charge in [0.15, 0.2) is 0 Å². The highest BCUT2D eigenvalue weighted by Gasteiger charge is 2.22. The smallest absolute Gasteiger partial charge is 0.221 e. The average molecular weight is 210 g/mol. The number of amides is 1. The summed E-state index contributed by atoms with van der Waals surface area (Å²) in [6, 6.07) is 2.13. The van der Waals surface area contributed by atoms with E-state index in [0.29, 0.717) is 12.8 Å². The van der Waals surface area contributed by atoms with Crippen molar-refractivity contribution < 1.29 is 4.79 Å². The maximum atomic E-state index is 11.5. The second-order valence-corrected chi connectivity index (χ2v) is 4.16. The molecule has 0 aromatic carbocycles. The van der Waals surface area contributed by atoms with E-state index in [1.807, 2.05) is 6.92 Å². The monoisotopic (exact) mass is 210 g/mol. The topological polar surface area (TPSA) is 52.9 Å². The van der Waals surface area contributed by atoms with Gasteiger partial charge in [0.05, 0.1) is 6.07 Å². The van der Waals surface area contributed by atoms with Crippen LogP contribution >= 0.6 is 0 Å². The molecule has 1 N–H and O–H groups in total. The molecule has 0 aliphatic rings. The second kappa shape index (κ2) is 7.28. The Bertz CT molecular complexity index is 232. The molecule has 0 fully saturated rings. The summed E-state index contributed by atoms with van der Waals surface area (Å²) < 4.78 is 0. The Morgan fingerprint density at radius 1 is 1.33 bits per heavy atom. The van der Waals surface area contributed by atoms with E-state index >= 15 is 0 Å². The molecular weight excluding hydrogens is 188 g/mol. The summed E-state index contributed by atoms with van der Waals surface area (Å²) in [6.45, 7) is 5.81. The number of carbonyl (C=O) groups is 1. The highest BCUT2D eigenvalue weighted by atomic mass is 16.1. The molecule has 0 saturated heterocycles. The van der Waals surface area contributed by atoms with Crippen molar-refractivity contribution in [3.05, 3.63) is 0 Å². The summed E-state index contributed by atoms with van der Waals surface area (Å²) in [5.41, 5.74) is -0.693. The number of nitriles is 1. The minimum absolute atomic E-state index is 0.00277. The van der Waals surface area contributed by atoms with E-state index in [1.54, 1.807) is 6.92 Å². The summed E-state index contributed by atoms with van der Waals surface area (Å²) in [5.74, 6) is -0.00277. The van der Waals surface area contributed by atoms with Crippen LogP contribution < -0.4 is 5.32 Å². The maximum Gasteiger partial charge on any atom is 0.221 e. The van der Waals surface area contributed by atoms with Crippen LogP contribution in [0.3, 0.4) is 0 Å². The third-order valence-corrected chi connectivity index (χ3v) is 2.63. The zero-order valence-corrected chi connectivity index (χ0v) is 10.1. The molecule has 1 amide bonds. The van der Waals surface area contributed by atoms with Crippen molar-refractivity contribution in [2.75, 3.05) is 0 Å². The fourth-order valence-corrected chi connectivity index (χ4v) is 1.28. The molecule has 0 aromatic heterocycles. The van der Waals surface area contributed by atoms with E-state index < -0.39 is 5.54 Å². The first-order valence-corrected chi connectivity index (χ1v) is 5.80. The first-order chi connectivity index (χ1) is 7.08. The van der Waals surface area contributed by atoms with E-state index in [1.165, 1.54) is 12.8 Å². The Morgan fingerprint density at radius 2 is 2.00 bits per heavy atom. The fraction of sp³-hybridized carbons (Fsp3) is 0.833. The van der Waals surface area contributed by atoms with Gasteiger partial charge in [0.2, 0.25) is 5.91 Å². The van der Waals surface area contributed by atoms with Gasteiger partial charge >= 0.3 is 0 Å². The number of rotatable bonds is 7. The summed E-state index contributed by atoms with van der Waals surface area (Å²) in [5, 5.41) is 11.6. The molecular formula is C12H22N2O. The highest BCUT2D eigenvalue weighted by Crippen LogP contribution is 2.09. The third kappa shape index (κ3) is 6.11. The lowest BCUT2D eigenvalue weighted by Gasteiger charge is -2.21. The number of nitrogens with zero attached hydrogens (tertiary/aromatic N) is 1. The fourth-order valence-electron chi connectivity index (χ4n) is 1.28. The Balaban J connectivity index is 3.79. The third-order valence-electron chi connectivity index (χ3n) is 2.63. The molecule has 3 heteroatoms. The van der Waals surface area contributed by atoms with Gasteiger partial charge in [-0.15, -0.1) is 0 Å². The van der Waals surface area contributed by atoms with E-state index in [2.05, 4.69) is 18.3 Å². The number of hydrogen-bond donors (Lipinski definition) is 1. The van der Waals surface area contributed by atoms with E-state index in [-0.39, 0.29) is 5.91 Å². The van der Waals surface area contributed by atoms with Crippen LogP contribution in [0.4, 0.5) is 0 Å². The molecule has 0 aliphatic carbocycles. The minimum Gasteiger partial charge on any atom is -0.338 e. The molecule has 15 heavy (non-hydrogen) atoms. The van der Waals surface area contributed by atoms with Crippen molar-refractivity contribution in [3.63, 3.8) is 0 Å². The van der Waals surface area contributed by atoms with Crippen LogP contribution in [0.15, 0.2) is 0 Å². The predicted octanol–water partition coefficient (Wildman–Crippen LogP) is 2.77. The standard InChI is InChI=1S/C12H22N2O/c1-4-6-7-8-9-11(15)14-12(3,5-2)10-13/h4-9H2,1-3H3,(H,14,15). The van der Waals surface area contributed by atoms with Gasteiger partial charge in [0.1, 0.15) is 5.54 Å². The highest BCUT2D eigenvalue weighted by molar-refractivity contribution is 5.77. The van der Waals surface area contributed by atoms with Crippen LogP contribution in [-0.4, -0.2) is 11.4 Å². The van der Waals surface area contributed by atoms with Crippen molar-refractivity contribution >= 4 is 5.91 Å². The maximum absolute atomic E-state index is 11.5. The Labute approximate surface area is 92.9 Å². The Morgan fingerprint density at radius 3 is 2.47 bits per heavy atom. The Hall–Kier alpha value is -1.04. The second-order valence-electron chi connectivity index (χ2n) is 4.16.